The first kappa shape index (κ1) is 30.8. The van der Waals surface area contributed by atoms with Gasteiger partial charge >= 0.3 is 5.97 Å². The van der Waals surface area contributed by atoms with Gasteiger partial charge < -0.3 is 15.0 Å². The Kier molecular flexibility index (Phi) is 9.69. The van der Waals surface area contributed by atoms with Crippen molar-refractivity contribution in [1.29, 1.82) is 0 Å². The van der Waals surface area contributed by atoms with Crippen molar-refractivity contribution in [3.8, 4) is 11.4 Å². The number of anilines is 1. The van der Waals surface area contributed by atoms with Gasteiger partial charge in [-0.2, -0.15) is 4.31 Å². The molecule has 0 spiro atoms. The van der Waals surface area contributed by atoms with Gasteiger partial charge in [0.05, 0.1) is 17.2 Å². The van der Waals surface area contributed by atoms with Crippen LogP contribution in [0.25, 0.3) is 11.4 Å². The quantitative estimate of drug-likeness (QED) is 0.370. The van der Waals surface area contributed by atoms with E-state index in [-0.39, 0.29) is 48.3 Å². The molecule has 1 aliphatic heterocycles. The molecule has 1 saturated heterocycles. The van der Waals surface area contributed by atoms with E-state index in [1.165, 1.54) is 40.4 Å². The van der Waals surface area contributed by atoms with E-state index in [1.54, 1.807) is 13.8 Å². The summed E-state index contributed by atoms with van der Waals surface area (Å²) in [6, 6.07) is 14.6. The second kappa shape index (κ2) is 13.2. The molecule has 2 heterocycles. The van der Waals surface area contributed by atoms with Crippen LogP contribution < -0.4 is 5.32 Å². The Labute approximate surface area is 246 Å². The third-order valence-corrected chi connectivity index (χ3v) is 8.85. The third kappa shape index (κ3) is 6.66. The number of rotatable bonds is 9. The van der Waals surface area contributed by atoms with Crippen molar-refractivity contribution >= 4 is 33.5 Å². The molecule has 1 aromatic heterocycles. The minimum Gasteiger partial charge on any atom is -0.462 e. The lowest BCUT2D eigenvalue weighted by Crippen LogP contribution is -2.55. The standard InChI is InChI=1S/C30H35N5O6S/c1-5-10-25-26(30(38)41-6-2)27(33-28(32-25)22-11-8-7-9-12-22)29(37)34-17-18-35(20(3)19-34)42(39,40)24-15-13-23(14-16-24)31-21(4)36/h7-9,11-16,20H,5-6,10,17-19H2,1-4H3,(H,31,36). The Bertz CT molecular complexity index is 1560. The Morgan fingerprint density at radius 2 is 1.69 bits per heavy atom. The summed E-state index contributed by atoms with van der Waals surface area (Å²) in [5, 5.41) is 2.62. The molecule has 12 heteroatoms. The smallest absolute Gasteiger partial charge is 0.342 e. The van der Waals surface area contributed by atoms with Crippen LogP contribution in [0.15, 0.2) is 59.5 Å². The van der Waals surface area contributed by atoms with Crippen LogP contribution in [0.2, 0.25) is 0 Å². The number of benzene rings is 2. The number of aryl methyl sites for hydroxylation is 1. The van der Waals surface area contributed by atoms with Gasteiger partial charge in [0.15, 0.2) is 5.82 Å². The van der Waals surface area contributed by atoms with Crippen LogP contribution in [0.1, 0.15) is 60.7 Å². The van der Waals surface area contributed by atoms with Gasteiger partial charge in [-0.1, -0.05) is 43.7 Å². The average Bonchev–Trinajstić information content (AvgIpc) is 2.97. The summed E-state index contributed by atoms with van der Waals surface area (Å²) < 4.78 is 33.6. The monoisotopic (exact) mass is 593 g/mol. The first-order chi connectivity index (χ1) is 20.1. The highest BCUT2D eigenvalue weighted by molar-refractivity contribution is 7.89. The normalized spacial score (nSPS) is 15.7. The van der Waals surface area contributed by atoms with Gasteiger partial charge in [0.2, 0.25) is 15.9 Å². The molecule has 2 amide bonds. The zero-order chi connectivity index (χ0) is 30.4. The number of piperazine rings is 1. The van der Waals surface area contributed by atoms with Crippen LogP contribution >= 0.6 is 0 Å². The number of sulfonamides is 1. The predicted octanol–water partition coefficient (Wildman–Crippen LogP) is 3.77. The highest BCUT2D eigenvalue weighted by atomic mass is 32.2. The van der Waals surface area contributed by atoms with Gasteiger partial charge in [0.25, 0.3) is 5.91 Å². The van der Waals surface area contributed by atoms with Crippen molar-refractivity contribution in [2.75, 3.05) is 31.6 Å². The van der Waals surface area contributed by atoms with Crippen LogP contribution in [-0.4, -0.2) is 77.7 Å². The summed E-state index contributed by atoms with van der Waals surface area (Å²) in [6.45, 7) is 7.11. The lowest BCUT2D eigenvalue weighted by molar-refractivity contribution is -0.114. The SMILES string of the molecule is CCCc1nc(-c2ccccc2)nc(C(=O)N2CCN(S(=O)(=O)c3ccc(NC(C)=O)cc3)C(C)C2)c1C(=O)OCC. The van der Waals surface area contributed by atoms with E-state index in [2.05, 4.69) is 15.3 Å². The van der Waals surface area contributed by atoms with Crippen molar-refractivity contribution < 1.29 is 27.5 Å². The van der Waals surface area contributed by atoms with Crippen LogP contribution in [-0.2, 0) is 26.0 Å². The molecule has 0 saturated carbocycles. The molecule has 0 bridgehead atoms. The highest BCUT2D eigenvalue weighted by Crippen LogP contribution is 2.26. The summed E-state index contributed by atoms with van der Waals surface area (Å²) >= 11 is 0. The number of nitrogens with zero attached hydrogens (tertiary/aromatic N) is 4. The second-order valence-electron chi connectivity index (χ2n) is 9.98. The molecule has 11 nitrogen and oxygen atoms in total. The molecule has 222 valence electrons. The van der Waals surface area contributed by atoms with Gasteiger partial charge in [-0.3, -0.25) is 9.59 Å². The summed E-state index contributed by atoms with van der Waals surface area (Å²) in [6.07, 6.45) is 1.13. The van der Waals surface area contributed by atoms with Gasteiger partial charge in [-0.05, 0) is 44.5 Å². The maximum atomic E-state index is 14.0. The summed E-state index contributed by atoms with van der Waals surface area (Å²) in [7, 11) is -3.87. The number of amides is 2. The van der Waals surface area contributed by atoms with E-state index in [9.17, 15) is 22.8 Å². The Morgan fingerprint density at radius 1 is 1.00 bits per heavy atom. The van der Waals surface area contributed by atoms with E-state index in [0.717, 1.165) is 0 Å². The van der Waals surface area contributed by atoms with Crippen LogP contribution in [0.5, 0.6) is 0 Å². The van der Waals surface area contributed by atoms with Gasteiger partial charge in [-0.25, -0.2) is 23.2 Å². The Morgan fingerprint density at radius 3 is 2.29 bits per heavy atom. The van der Waals surface area contributed by atoms with Crippen molar-refractivity contribution in [1.82, 2.24) is 19.2 Å². The van der Waals surface area contributed by atoms with E-state index in [1.807, 2.05) is 37.3 Å². The maximum absolute atomic E-state index is 14.0. The van der Waals surface area contributed by atoms with Crippen LogP contribution in [0.3, 0.4) is 0 Å². The fraction of sp³-hybridized carbons (Fsp3) is 0.367. The average molecular weight is 594 g/mol. The molecular formula is C30H35N5O6S. The molecule has 42 heavy (non-hydrogen) atoms. The highest BCUT2D eigenvalue weighted by Gasteiger charge is 2.37. The molecule has 2 aromatic carbocycles. The summed E-state index contributed by atoms with van der Waals surface area (Å²) in [5.74, 6) is -1.08. The molecule has 0 radical (unpaired) electrons. The number of aromatic nitrogens is 2. The number of hydrogen-bond acceptors (Lipinski definition) is 8. The lowest BCUT2D eigenvalue weighted by Gasteiger charge is -2.39. The second-order valence-corrected chi connectivity index (χ2v) is 11.9. The third-order valence-electron chi connectivity index (χ3n) is 6.82. The Hall–Kier alpha value is -4.16. The lowest BCUT2D eigenvalue weighted by atomic mass is 10.0. The largest absolute Gasteiger partial charge is 0.462 e. The van der Waals surface area contributed by atoms with Crippen LogP contribution in [0.4, 0.5) is 5.69 Å². The molecular weight excluding hydrogens is 558 g/mol. The minimum atomic E-state index is -3.87. The van der Waals surface area contributed by atoms with E-state index >= 15 is 0 Å². The first-order valence-corrected chi connectivity index (χ1v) is 15.3. The molecule has 3 aromatic rings. The Balaban J connectivity index is 1.64. The predicted molar refractivity (Wildman–Crippen MR) is 157 cm³/mol. The number of nitrogens with one attached hydrogen (secondary N) is 1. The topological polar surface area (TPSA) is 139 Å². The van der Waals surface area contributed by atoms with Crippen molar-refractivity contribution in [2.24, 2.45) is 0 Å². The number of carbonyl (C=O) groups is 3. The minimum absolute atomic E-state index is 0.0466. The zero-order valence-electron chi connectivity index (χ0n) is 24.2. The molecule has 4 rings (SSSR count). The molecule has 1 N–H and O–H groups in total. The molecule has 1 fully saturated rings. The first-order valence-electron chi connectivity index (χ1n) is 13.9. The summed E-state index contributed by atoms with van der Waals surface area (Å²) in [5.41, 5.74) is 1.62. The zero-order valence-corrected chi connectivity index (χ0v) is 25.0. The van der Waals surface area contributed by atoms with Gasteiger partial charge in [0.1, 0.15) is 11.3 Å². The fourth-order valence-electron chi connectivity index (χ4n) is 4.89. The fourth-order valence-corrected chi connectivity index (χ4v) is 6.51. The molecule has 1 unspecified atom stereocenters. The summed E-state index contributed by atoms with van der Waals surface area (Å²) in [4.78, 5) is 49.2. The molecule has 1 aliphatic rings. The van der Waals surface area contributed by atoms with E-state index in [4.69, 9.17) is 4.74 Å². The number of ether oxygens (including phenoxy) is 1. The number of esters is 1. The number of hydrogen-bond donors (Lipinski definition) is 1. The van der Waals surface area contributed by atoms with Gasteiger partial charge in [0, 0.05) is 43.9 Å². The molecule has 0 aliphatic carbocycles. The number of carbonyl (C=O) groups excluding carboxylic acids is 3. The van der Waals surface area contributed by atoms with Gasteiger partial charge in [-0.15, -0.1) is 0 Å². The van der Waals surface area contributed by atoms with Crippen molar-refractivity contribution in [3.63, 3.8) is 0 Å². The maximum Gasteiger partial charge on any atom is 0.342 e. The van der Waals surface area contributed by atoms with Crippen LogP contribution in [0, 0.1) is 0 Å². The van der Waals surface area contributed by atoms with Crippen molar-refractivity contribution in [3.05, 3.63) is 71.5 Å². The van der Waals surface area contributed by atoms with Crippen molar-refractivity contribution in [2.45, 2.75) is 51.5 Å². The van der Waals surface area contributed by atoms with E-state index in [0.29, 0.717) is 35.6 Å². The molecule has 1 atom stereocenters. The van der Waals surface area contributed by atoms with E-state index < -0.39 is 27.9 Å².